The van der Waals surface area contributed by atoms with E-state index in [9.17, 15) is 19.2 Å². The van der Waals surface area contributed by atoms with Crippen LogP contribution in [0.3, 0.4) is 0 Å². The van der Waals surface area contributed by atoms with Crippen LogP contribution < -0.4 is 10.6 Å². The number of nitrogens with one attached hydrogen (secondary N) is 2. The van der Waals surface area contributed by atoms with E-state index in [1.54, 1.807) is 0 Å². The Morgan fingerprint density at radius 2 is 2.00 bits per heavy atom. The summed E-state index contributed by atoms with van der Waals surface area (Å²) in [5.74, 6) is -1.27. The van der Waals surface area contributed by atoms with Gasteiger partial charge in [0.15, 0.2) is 6.61 Å². The summed E-state index contributed by atoms with van der Waals surface area (Å²) in [5.41, 5.74) is -0.903. The Balaban J connectivity index is 1.88. The van der Waals surface area contributed by atoms with E-state index in [0.717, 1.165) is 24.2 Å². The van der Waals surface area contributed by atoms with Crippen molar-refractivity contribution in [3.63, 3.8) is 0 Å². The van der Waals surface area contributed by atoms with Crippen molar-refractivity contribution in [2.45, 2.75) is 65.0 Å². The van der Waals surface area contributed by atoms with Gasteiger partial charge in [0, 0.05) is 6.04 Å². The Hall–Kier alpha value is -2.12. The van der Waals surface area contributed by atoms with Crippen molar-refractivity contribution in [1.82, 2.24) is 15.5 Å². The maximum absolute atomic E-state index is 12.8. The van der Waals surface area contributed by atoms with Gasteiger partial charge in [-0.25, -0.2) is 4.79 Å². The first-order chi connectivity index (χ1) is 12.2. The molecule has 0 bridgehead atoms. The minimum Gasteiger partial charge on any atom is -0.454 e. The summed E-state index contributed by atoms with van der Waals surface area (Å²) in [5, 5.41) is 5.50. The van der Waals surface area contributed by atoms with Gasteiger partial charge in [-0.15, -0.1) is 0 Å². The number of carbonyl (C=O) groups excluding carboxylic acids is 4. The number of hydrogen-bond acceptors (Lipinski definition) is 5. The van der Waals surface area contributed by atoms with Crippen LogP contribution in [0.15, 0.2) is 0 Å². The van der Waals surface area contributed by atoms with Gasteiger partial charge in [0.25, 0.3) is 11.8 Å². The molecule has 1 aliphatic heterocycles. The Morgan fingerprint density at radius 1 is 1.31 bits per heavy atom. The number of carbonyl (C=O) groups is 4. The fourth-order valence-electron chi connectivity index (χ4n) is 3.42. The summed E-state index contributed by atoms with van der Waals surface area (Å²) < 4.78 is 4.92. The van der Waals surface area contributed by atoms with Gasteiger partial charge in [-0.3, -0.25) is 19.3 Å². The van der Waals surface area contributed by atoms with Crippen molar-refractivity contribution in [2.75, 3.05) is 13.2 Å². The topological polar surface area (TPSA) is 105 Å². The molecular weight excluding hydrogens is 338 g/mol. The molecule has 2 aliphatic rings. The summed E-state index contributed by atoms with van der Waals surface area (Å²) in [7, 11) is 0. The van der Waals surface area contributed by atoms with Crippen LogP contribution in [-0.4, -0.2) is 53.4 Å². The number of urea groups is 1. The third-order valence-corrected chi connectivity index (χ3v) is 5.54. The third-order valence-electron chi connectivity index (χ3n) is 5.54. The molecule has 2 rings (SSSR count). The van der Waals surface area contributed by atoms with Crippen molar-refractivity contribution in [3.05, 3.63) is 0 Å². The van der Waals surface area contributed by atoms with E-state index >= 15 is 0 Å². The zero-order chi connectivity index (χ0) is 19.5. The number of amides is 4. The quantitative estimate of drug-likeness (QED) is 0.542. The first-order valence-corrected chi connectivity index (χ1v) is 9.26. The molecule has 0 aromatic carbocycles. The molecule has 1 saturated carbocycles. The zero-order valence-electron chi connectivity index (χ0n) is 16.0. The van der Waals surface area contributed by atoms with E-state index in [-0.39, 0.29) is 23.8 Å². The summed E-state index contributed by atoms with van der Waals surface area (Å²) in [6, 6.07) is -0.613. The van der Waals surface area contributed by atoms with Gasteiger partial charge in [-0.2, -0.15) is 0 Å². The fourth-order valence-corrected chi connectivity index (χ4v) is 3.42. The lowest BCUT2D eigenvalue weighted by molar-refractivity contribution is -0.151. The Labute approximate surface area is 154 Å². The molecule has 0 unspecified atom stereocenters. The average molecular weight is 367 g/mol. The highest BCUT2D eigenvalue weighted by molar-refractivity contribution is 6.09. The number of esters is 1. The molecule has 0 aromatic rings. The number of imide groups is 1. The minimum atomic E-state index is -0.903. The monoisotopic (exact) mass is 367 g/mol. The first-order valence-electron chi connectivity index (χ1n) is 9.26. The SMILES string of the molecule is CC(C)[C@H](C)NC(=O)COC(=O)CN1C(=O)N[C@]2(CCCC[C@H]2C)C1=O. The van der Waals surface area contributed by atoms with Gasteiger partial charge in [0.2, 0.25) is 0 Å². The third kappa shape index (κ3) is 4.16. The fraction of sp³-hybridized carbons (Fsp3) is 0.778. The lowest BCUT2D eigenvalue weighted by atomic mass is 9.73. The molecule has 2 fully saturated rings. The van der Waals surface area contributed by atoms with Crippen molar-refractivity contribution in [3.8, 4) is 0 Å². The normalized spacial score (nSPS) is 26.8. The van der Waals surface area contributed by atoms with Crippen molar-refractivity contribution in [2.24, 2.45) is 11.8 Å². The predicted molar refractivity (Wildman–Crippen MR) is 94.0 cm³/mol. The molecular formula is C18H29N3O5. The summed E-state index contributed by atoms with van der Waals surface area (Å²) in [6.07, 6.45) is 3.33. The molecule has 1 heterocycles. The second-order valence-electron chi connectivity index (χ2n) is 7.70. The second kappa shape index (κ2) is 8.05. The molecule has 2 N–H and O–H groups in total. The maximum atomic E-state index is 12.8. The van der Waals surface area contributed by atoms with E-state index < -0.39 is 36.6 Å². The van der Waals surface area contributed by atoms with E-state index in [4.69, 9.17) is 4.74 Å². The zero-order valence-corrected chi connectivity index (χ0v) is 16.0. The molecule has 1 saturated heterocycles. The van der Waals surface area contributed by atoms with Crippen molar-refractivity contribution in [1.29, 1.82) is 0 Å². The Morgan fingerprint density at radius 3 is 2.62 bits per heavy atom. The lowest BCUT2D eigenvalue weighted by Crippen LogP contribution is -2.54. The highest BCUT2D eigenvalue weighted by atomic mass is 16.5. The van der Waals surface area contributed by atoms with E-state index in [2.05, 4.69) is 10.6 Å². The highest BCUT2D eigenvalue weighted by Gasteiger charge is 2.55. The molecule has 0 radical (unpaired) electrons. The van der Waals surface area contributed by atoms with Crippen LogP contribution >= 0.6 is 0 Å². The number of nitrogens with zero attached hydrogens (tertiary/aromatic N) is 1. The Bertz CT molecular complexity index is 591. The van der Waals surface area contributed by atoms with Gasteiger partial charge < -0.3 is 15.4 Å². The molecule has 146 valence electrons. The summed E-state index contributed by atoms with van der Waals surface area (Å²) >= 11 is 0. The maximum Gasteiger partial charge on any atom is 0.326 e. The largest absolute Gasteiger partial charge is 0.454 e. The molecule has 1 spiro atoms. The van der Waals surface area contributed by atoms with E-state index in [0.29, 0.717) is 6.42 Å². The van der Waals surface area contributed by atoms with Gasteiger partial charge in [0.1, 0.15) is 12.1 Å². The summed E-state index contributed by atoms with van der Waals surface area (Å²) in [6.45, 7) is 6.84. The van der Waals surface area contributed by atoms with E-state index in [1.807, 2.05) is 27.7 Å². The number of hydrogen-bond donors (Lipinski definition) is 2. The van der Waals surface area contributed by atoms with Crippen LogP contribution in [0.5, 0.6) is 0 Å². The Kier molecular flexibility index (Phi) is 6.26. The van der Waals surface area contributed by atoms with Gasteiger partial charge in [0.05, 0.1) is 0 Å². The molecule has 3 atom stereocenters. The molecule has 1 aliphatic carbocycles. The van der Waals surface area contributed by atoms with Crippen molar-refractivity contribution < 1.29 is 23.9 Å². The molecule has 26 heavy (non-hydrogen) atoms. The van der Waals surface area contributed by atoms with Crippen LogP contribution in [0.1, 0.15) is 53.4 Å². The highest BCUT2D eigenvalue weighted by Crippen LogP contribution is 2.38. The van der Waals surface area contributed by atoms with Crippen LogP contribution in [0, 0.1) is 11.8 Å². The average Bonchev–Trinajstić information content (AvgIpc) is 2.81. The number of ether oxygens (including phenoxy) is 1. The molecule has 8 nitrogen and oxygen atoms in total. The van der Waals surface area contributed by atoms with Crippen molar-refractivity contribution >= 4 is 23.8 Å². The van der Waals surface area contributed by atoms with E-state index in [1.165, 1.54) is 0 Å². The van der Waals surface area contributed by atoms with Crippen LogP contribution in [-0.2, 0) is 19.1 Å². The molecule has 8 heteroatoms. The first kappa shape index (κ1) is 20.2. The van der Waals surface area contributed by atoms with Crippen LogP contribution in [0.25, 0.3) is 0 Å². The van der Waals surface area contributed by atoms with Crippen LogP contribution in [0.2, 0.25) is 0 Å². The van der Waals surface area contributed by atoms with Crippen LogP contribution in [0.4, 0.5) is 4.79 Å². The second-order valence-corrected chi connectivity index (χ2v) is 7.70. The lowest BCUT2D eigenvalue weighted by Gasteiger charge is -2.36. The van der Waals surface area contributed by atoms with Gasteiger partial charge in [-0.05, 0) is 31.6 Å². The molecule has 4 amide bonds. The number of rotatable bonds is 6. The predicted octanol–water partition coefficient (Wildman–Crippen LogP) is 1.19. The summed E-state index contributed by atoms with van der Waals surface area (Å²) in [4.78, 5) is 49.6. The standard InChI is InChI=1S/C18H29N3O5/c1-11(2)13(4)19-14(22)10-26-15(23)9-21-16(24)18(20-17(21)25)8-6-5-7-12(18)3/h11-13H,5-10H2,1-4H3,(H,19,22)(H,20,25)/t12-,13+,18+/m1/s1. The smallest absolute Gasteiger partial charge is 0.326 e. The molecule has 0 aromatic heterocycles. The van der Waals surface area contributed by atoms with Gasteiger partial charge >= 0.3 is 12.0 Å². The minimum absolute atomic E-state index is 0.0250. The van der Waals surface area contributed by atoms with Gasteiger partial charge in [-0.1, -0.05) is 33.6 Å².